The Morgan fingerprint density at radius 2 is 1.35 bits per heavy atom. The van der Waals surface area contributed by atoms with Gasteiger partial charge in [0.15, 0.2) is 0 Å². The summed E-state index contributed by atoms with van der Waals surface area (Å²) in [5.74, 6) is 0.629. The van der Waals surface area contributed by atoms with Crippen molar-refractivity contribution in [2.24, 2.45) is 0 Å². The lowest BCUT2D eigenvalue weighted by atomic mass is 10.1. The van der Waals surface area contributed by atoms with Crippen LogP contribution in [0.1, 0.15) is 85.5 Å². The topological polar surface area (TPSA) is 37.4 Å². The zero-order valence-corrected chi connectivity index (χ0v) is 14.3. The van der Waals surface area contributed by atoms with E-state index in [9.17, 15) is 9.59 Å². The first-order valence-corrected chi connectivity index (χ1v) is 8.37. The third kappa shape index (κ3) is 13.6. The van der Waals surface area contributed by atoms with E-state index in [1.807, 2.05) is 32.7 Å². The summed E-state index contributed by atoms with van der Waals surface area (Å²) in [6.45, 7) is 8.86. The first-order chi connectivity index (χ1) is 9.61. The SMILES string of the molecule is CC.CCCN(C)C(=O)CCCCCCCC(=O)CC. The zero-order chi connectivity index (χ0) is 15.8. The van der Waals surface area contributed by atoms with Crippen molar-refractivity contribution >= 4 is 11.7 Å². The largest absolute Gasteiger partial charge is 0.346 e. The fourth-order valence-electron chi connectivity index (χ4n) is 1.96. The van der Waals surface area contributed by atoms with Crippen LogP contribution in [0.15, 0.2) is 0 Å². The molecule has 0 fully saturated rings. The molecule has 0 radical (unpaired) electrons. The van der Waals surface area contributed by atoms with Crippen molar-refractivity contribution in [3.05, 3.63) is 0 Å². The normalized spacial score (nSPS) is 9.65. The van der Waals surface area contributed by atoms with Gasteiger partial charge >= 0.3 is 0 Å². The Morgan fingerprint density at radius 1 is 0.850 bits per heavy atom. The number of Topliss-reactive ketones (excluding diaryl/α,β-unsaturated/α-hetero) is 1. The highest BCUT2D eigenvalue weighted by Gasteiger charge is 2.06. The van der Waals surface area contributed by atoms with Crippen LogP contribution < -0.4 is 0 Å². The molecule has 0 aromatic carbocycles. The predicted octanol–water partition coefficient (Wildman–Crippen LogP) is 4.59. The molecule has 0 bridgehead atoms. The molecule has 0 aromatic heterocycles. The Labute approximate surface area is 126 Å². The lowest BCUT2D eigenvalue weighted by Gasteiger charge is -2.15. The molecular weight excluding hydrogens is 250 g/mol. The van der Waals surface area contributed by atoms with E-state index in [1.54, 1.807) is 0 Å². The van der Waals surface area contributed by atoms with Crippen molar-refractivity contribution in [2.75, 3.05) is 13.6 Å². The summed E-state index contributed by atoms with van der Waals surface area (Å²) < 4.78 is 0. The van der Waals surface area contributed by atoms with Gasteiger partial charge in [0.1, 0.15) is 5.78 Å². The van der Waals surface area contributed by atoms with Gasteiger partial charge in [0.05, 0.1) is 0 Å². The van der Waals surface area contributed by atoms with Gasteiger partial charge in [0.2, 0.25) is 5.91 Å². The molecule has 0 saturated carbocycles. The number of nitrogens with zero attached hydrogens (tertiary/aromatic N) is 1. The standard InChI is InChI=1S/C15H29NO2.C2H6/c1-4-13-16(3)15(18)12-10-8-6-7-9-11-14(17)5-2;1-2/h4-13H2,1-3H3;1-2H3. The van der Waals surface area contributed by atoms with E-state index in [0.29, 0.717) is 18.6 Å². The Kier molecular flexibility index (Phi) is 17.4. The number of hydrogen-bond acceptors (Lipinski definition) is 2. The van der Waals surface area contributed by atoms with Crippen LogP contribution >= 0.6 is 0 Å². The summed E-state index contributed by atoms with van der Waals surface area (Å²) in [6.07, 6.45) is 8.44. The molecule has 1 amide bonds. The van der Waals surface area contributed by atoms with Gasteiger partial charge in [0, 0.05) is 32.9 Å². The van der Waals surface area contributed by atoms with Crippen molar-refractivity contribution in [3.8, 4) is 0 Å². The van der Waals surface area contributed by atoms with Crippen molar-refractivity contribution in [3.63, 3.8) is 0 Å². The van der Waals surface area contributed by atoms with E-state index in [0.717, 1.165) is 51.5 Å². The molecule has 20 heavy (non-hydrogen) atoms. The first kappa shape index (κ1) is 21.4. The number of carbonyl (C=O) groups is 2. The smallest absolute Gasteiger partial charge is 0.222 e. The quantitative estimate of drug-likeness (QED) is 0.521. The lowest BCUT2D eigenvalue weighted by molar-refractivity contribution is -0.130. The summed E-state index contributed by atoms with van der Waals surface area (Å²) in [4.78, 5) is 24.5. The van der Waals surface area contributed by atoms with E-state index in [1.165, 1.54) is 0 Å². The van der Waals surface area contributed by atoms with Crippen LogP contribution in [0.5, 0.6) is 0 Å². The van der Waals surface area contributed by atoms with Crippen LogP contribution in [0.25, 0.3) is 0 Å². The van der Waals surface area contributed by atoms with Crippen molar-refractivity contribution < 1.29 is 9.59 Å². The number of hydrogen-bond donors (Lipinski definition) is 0. The lowest BCUT2D eigenvalue weighted by Crippen LogP contribution is -2.26. The molecule has 0 spiro atoms. The van der Waals surface area contributed by atoms with E-state index in [4.69, 9.17) is 0 Å². The molecule has 0 unspecified atom stereocenters. The third-order valence-electron chi connectivity index (χ3n) is 3.23. The van der Waals surface area contributed by atoms with E-state index in [-0.39, 0.29) is 5.91 Å². The maximum Gasteiger partial charge on any atom is 0.222 e. The molecule has 0 atom stereocenters. The molecule has 0 aromatic rings. The van der Waals surface area contributed by atoms with Gasteiger partial charge in [-0.25, -0.2) is 0 Å². The summed E-state index contributed by atoms with van der Waals surface area (Å²) in [5.41, 5.74) is 0. The second-order valence-electron chi connectivity index (χ2n) is 4.98. The molecule has 0 saturated heterocycles. The highest BCUT2D eigenvalue weighted by atomic mass is 16.2. The Bertz CT molecular complexity index is 239. The Morgan fingerprint density at radius 3 is 1.85 bits per heavy atom. The van der Waals surface area contributed by atoms with Gasteiger partial charge in [0.25, 0.3) is 0 Å². The number of carbonyl (C=O) groups excluding carboxylic acids is 2. The van der Waals surface area contributed by atoms with Crippen LogP contribution in [0.2, 0.25) is 0 Å². The molecule has 0 heterocycles. The van der Waals surface area contributed by atoms with Crippen LogP contribution in [-0.2, 0) is 9.59 Å². The third-order valence-corrected chi connectivity index (χ3v) is 3.23. The van der Waals surface area contributed by atoms with Gasteiger partial charge in [-0.3, -0.25) is 9.59 Å². The minimum atomic E-state index is 0.262. The van der Waals surface area contributed by atoms with Crippen molar-refractivity contribution in [2.45, 2.75) is 85.5 Å². The van der Waals surface area contributed by atoms with Crippen LogP contribution in [-0.4, -0.2) is 30.2 Å². The molecule has 120 valence electrons. The van der Waals surface area contributed by atoms with Crippen LogP contribution in [0.3, 0.4) is 0 Å². The second-order valence-corrected chi connectivity index (χ2v) is 4.98. The predicted molar refractivity (Wildman–Crippen MR) is 86.9 cm³/mol. The van der Waals surface area contributed by atoms with Gasteiger partial charge in [-0.05, 0) is 19.3 Å². The van der Waals surface area contributed by atoms with Crippen molar-refractivity contribution in [1.82, 2.24) is 4.90 Å². The Balaban J connectivity index is 0. The van der Waals surface area contributed by atoms with Crippen molar-refractivity contribution in [1.29, 1.82) is 0 Å². The van der Waals surface area contributed by atoms with Gasteiger partial charge in [-0.1, -0.05) is 47.0 Å². The monoisotopic (exact) mass is 285 g/mol. The number of unbranched alkanes of at least 4 members (excludes halogenated alkanes) is 4. The Hall–Kier alpha value is -0.860. The van der Waals surface area contributed by atoms with Crippen LogP contribution in [0, 0.1) is 0 Å². The molecule has 3 nitrogen and oxygen atoms in total. The number of rotatable bonds is 11. The fourth-order valence-corrected chi connectivity index (χ4v) is 1.96. The van der Waals surface area contributed by atoms with Gasteiger partial charge in [-0.2, -0.15) is 0 Å². The maximum absolute atomic E-state index is 11.6. The molecule has 0 aliphatic rings. The molecular formula is C17H35NO2. The van der Waals surface area contributed by atoms with E-state index in [2.05, 4.69) is 6.92 Å². The van der Waals surface area contributed by atoms with E-state index >= 15 is 0 Å². The summed E-state index contributed by atoms with van der Waals surface area (Å²) in [7, 11) is 1.88. The van der Waals surface area contributed by atoms with Crippen LogP contribution in [0.4, 0.5) is 0 Å². The molecule has 0 N–H and O–H groups in total. The molecule has 0 aliphatic heterocycles. The molecule has 3 heteroatoms. The second kappa shape index (κ2) is 16.2. The minimum Gasteiger partial charge on any atom is -0.346 e. The van der Waals surface area contributed by atoms with E-state index < -0.39 is 0 Å². The number of amides is 1. The first-order valence-electron chi connectivity index (χ1n) is 8.37. The highest BCUT2D eigenvalue weighted by Crippen LogP contribution is 2.09. The van der Waals surface area contributed by atoms with Gasteiger partial charge in [-0.15, -0.1) is 0 Å². The zero-order valence-electron chi connectivity index (χ0n) is 14.3. The molecule has 0 aliphatic carbocycles. The maximum atomic E-state index is 11.6. The van der Waals surface area contributed by atoms with Gasteiger partial charge < -0.3 is 4.90 Å². The summed E-state index contributed by atoms with van der Waals surface area (Å²) in [6, 6.07) is 0. The number of ketones is 1. The highest BCUT2D eigenvalue weighted by molar-refractivity contribution is 5.77. The summed E-state index contributed by atoms with van der Waals surface area (Å²) in [5, 5.41) is 0. The summed E-state index contributed by atoms with van der Waals surface area (Å²) >= 11 is 0. The average Bonchev–Trinajstić information content (AvgIpc) is 2.47. The molecule has 0 rings (SSSR count). The fraction of sp³-hybridized carbons (Fsp3) is 0.882. The average molecular weight is 285 g/mol. The minimum absolute atomic E-state index is 0.262.